The van der Waals surface area contributed by atoms with E-state index in [1.807, 2.05) is 65.0 Å². The molecule has 5 nitrogen and oxygen atoms in total. The maximum atomic E-state index is 13.0. The number of aliphatic carboxylic acids is 1. The average molecular weight is 469 g/mol. The number of rotatable bonds is 7. The topological polar surface area (TPSA) is 60.9 Å². The van der Waals surface area contributed by atoms with Crippen molar-refractivity contribution < 1.29 is 14.1 Å². The van der Waals surface area contributed by atoms with Gasteiger partial charge < -0.3 is 5.11 Å². The number of carbonyl (C=O) groups is 1. The minimum atomic E-state index is -1.18. The first kappa shape index (κ1) is 22.7. The lowest BCUT2D eigenvalue weighted by Crippen LogP contribution is -2.48. The zero-order chi connectivity index (χ0) is 22.5. The molecule has 2 unspecified atom stereocenters. The van der Waals surface area contributed by atoms with E-state index in [0.717, 1.165) is 29.1 Å². The third kappa shape index (κ3) is 5.45. The molecule has 3 aromatic carbocycles. The van der Waals surface area contributed by atoms with Crippen LogP contribution in [0.1, 0.15) is 22.7 Å². The van der Waals surface area contributed by atoms with Gasteiger partial charge >= 0.3 is 5.97 Å². The second kappa shape index (κ2) is 10.4. The molecule has 0 radical (unpaired) electrons. The van der Waals surface area contributed by atoms with E-state index in [0.29, 0.717) is 23.7 Å². The Morgan fingerprint density at radius 3 is 2.16 bits per heavy atom. The Balaban J connectivity index is 1.59. The van der Waals surface area contributed by atoms with E-state index in [9.17, 15) is 14.1 Å². The molecule has 0 spiro atoms. The van der Waals surface area contributed by atoms with Crippen LogP contribution in [0.15, 0.2) is 83.8 Å². The monoisotopic (exact) mass is 468 g/mol. The summed E-state index contributed by atoms with van der Waals surface area (Å²) >= 11 is 6.38. The smallest absolute Gasteiger partial charge is 0.307 e. The van der Waals surface area contributed by atoms with Crippen molar-refractivity contribution in [2.75, 3.05) is 26.2 Å². The molecule has 0 aromatic heterocycles. The highest BCUT2D eigenvalue weighted by molar-refractivity contribution is 7.82. The van der Waals surface area contributed by atoms with Crippen LogP contribution >= 0.6 is 11.6 Å². The zero-order valence-corrected chi connectivity index (χ0v) is 19.1. The van der Waals surface area contributed by atoms with Crippen molar-refractivity contribution in [2.45, 2.75) is 17.4 Å². The molecule has 1 N–H and O–H groups in total. The predicted molar refractivity (Wildman–Crippen MR) is 127 cm³/mol. The summed E-state index contributed by atoms with van der Waals surface area (Å²) in [5.41, 5.74) is 2.77. The largest absolute Gasteiger partial charge is 0.481 e. The predicted octanol–water partition coefficient (Wildman–Crippen LogP) is 4.40. The first-order valence-electron chi connectivity index (χ1n) is 10.5. The van der Waals surface area contributed by atoms with Crippen LogP contribution in [0.4, 0.5) is 0 Å². The number of nitrogens with zero attached hydrogens (tertiary/aromatic N) is 2. The van der Waals surface area contributed by atoms with Crippen LogP contribution in [0.2, 0.25) is 5.02 Å². The Labute approximate surface area is 195 Å². The van der Waals surface area contributed by atoms with Gasteiger partial charge in [0, 0.05) is 31.2 Å². The Kier molecular flexibility index (Phi) is 7.37. The van der Waals surface area contributed by atoms with Crippen LogP contribution in [-0.2, 0) is 22.2 Å². The lowest BCUT2D eigenvalue weighted by atomic mass is 9.94. The molecule has 0 bridgehead atoms. The molecule has 1 heterocycles. The summed E-state index contributed by atoms with van der Waals surface area (Å²) < 4.78 is 15.0. The number of hydrogen-bond acceptors (Lipinski definition) is 3. The Hall–Kier alpha value is -2.51. The molecular formula is C25H25ClN2O3S. The van der Waals surface area contributed by atoms with Crippen LogP contribution in [-0.4, -0.2) is 50.7 Å². The van der Waals surface area contributed by atoms with E-state index in [2.05, 4.69) is 17.0 Å². The van der Waals surface area contributed by atoms with Crippen LogP contribution < -0.4 is 0 Å². The number of hydrogen-bond donors (Lipinski definition) is 1. The minimum absolute atomic E-state index is 0.0604. The van der Waals surface area contributed by atoms with Crippen molar-refractivity contribution in [1.29, 1.82) is 0 Å². The first-order chi connectivity index (χ1) is 15.5. The molecule has 0 saturated carbocycles. The van der Waals surface area contributed by atoms with Crippen molar-refractivity contribution in [1.82, 2.24) is 9.21 Å². The zero-order valence-electron chi connectivity index (χ0n) is 17.6. The van der Waals surface area contributed by atoms with Gasteiger partial charge in [0.15, 0.2) is 0 Å². The Bertz CT molecular complexity index is 1090. The molecule has 32 heavy (non-hydrogen) atoms. The molecular weight excluding hydrogens is 444 g/mol. The van der Waals surface area contributed by atoms with Crippen molar-refractivity contribution in [3.8, 4) is 0 Å². The van der Waals surface area contributed by atoms with Gasteiger partial charge in [0.25, 0.3) is 0 Å². The van der Waals surface area contributed by atoms with Gasteiger partial charge in [0.05, 0.1) is 17.4 Å². The Morgan fingerprint density at radius 2 is 1.53 bits per heavy atom. The van der Waals surface area contributed by atoms with E-state index in [-0.39, 0.29) is 12.5 Å². The maximum Gasteiger partial charge on any atom is 0.307 e. The second-order valence-electron chi connectivity index (χ2n) is 7.80. The third-order valence-electron chi connectivity index (χ3n) is 5.58. The number of carboxylic acid groups (broad SMARTS) is 1. The second-order valence-corrected chi connectivity index (χ2v) is 9.73. The van der Waals surface area contributed by atoms with Crippen LogP contribution in [0.3, 0.4) is 0 Å². The molecule has 1 aliphatic rings. The van der Waals surface area contributed by atoms with Crippen molar-refractivity contribution in [3.05, 3.63) is 101 Å². The van der Waals surface area contributed by atoms with Gasteiger partial charge in [-0.2, -0.15) is 0 Å². The molecule has 7 heteroatoms. The van der Waals surface area contributed by atoms with E-state index in [1.165, 1.54) is 0 Å². The molecule has 0 amide bonds. The van der Waals surface area contributed by atoms with Crippen molar-refractivity contribution in [2.24, 2.45) is 0 Å². The summed E-state index contributed by atoms with van der Waals surface area (Å²) in [6.45, 7) is 2.82. The molecule has 1 saturated heterocycles. The number of carboxylic acids is 1. The van der Waals surface area contributed by atoms with Gasteiger partial charge in [-0.1, -0.05) is 66.2 Å². The summed E-state index contributed by atoms with van der Waals surface area (Å²) in [6.07, 6.45) is -0.0705. The van der Waals surface area contributed by atoms with Crippen molar-refractivity contribution in [3.63, 3.8) is 0 Å². The fraction of sp³-hybridized carbons (Fsp3) is 0.240. The van der Waals surface area contributed by atoms with Gasteiger partial charge in [-0.25, -0.2) is 8.51 Å². The summed E-state index contributed by atoms with van der Waals surface area (Å²) in [6, 6.07) is 25.2. The van der Waals surface area contributed by atoms with Crippen LogP contribution in [0.5, 0.6) is 0 Å². The lowest BCUT2D eigenvalue weighted by Gasteiger charge is -2.39. The SMILES string of the molecule is O=C(O)Cc1cc(Cl)cc(C(c2ccccc2)N2CCN(S(=O)c3ccccc3)CC2)c1. The number of benzene rings is 3. The number of halogens is 1. The highest BCUT2D eigenvalue weighted by atomic mass is 35.5. The summed E-state index contributed by atoms with van der Waals surface area (Å²) in [7, 11) is -1.18. The molecule has 166 valence electrons. The van der Waals surface area contributed by atoms with Gasteiger partial charge in [-0.3, -0.25) is 9.69 Å². The highest BCUT2D eigenvalue weighted by Gasteiger charge is 2.29. The van der Waals surface area contributed by atoms with E-state index in [4.69, 9.17) is 11.6 Å². The standard InChI is InChI=1S/C25H25ClN2O3S/c26-22-16-19(17-24(29)30)15-21(18-22)25(20-7-3-1-4-8-20)27-11-13-28(14-12-27)32(31)23-9-5-2-6-10-23/h1-10,15-16,18,25H,11-14,17H2,(H,29,30). The quantitative estimate of drug-likeness (QED) is 0.558. The van der Waals surface area contributed by atoms with E-state index in [1.54, 1.807) is 6.07 Å². The summed E-state index contributed by atoms with van der Waals surface area (Å²) in [4.78, 5) is 14.4. The molecule has 1 fully saturated rings. The molecule has 2 atom stereocenters. The van der Waals surface area contributed by atoms with E-state index >= 15 is 0 Å². The summed E-state index contributed by atoms with van der Waals surface area (Å²) in [5.74, 6) is -0.883. The van der Waals surface area contributed by atoms with Gasteiger partial charge in [-0.05, 0) is 41.0 Å². The average Bonchev–Trinajstić information content (AvgIpc) is 2.80. The normalized spacial score (nSPS) is 17.0. The lowest BCUT2D eigenvalue weighted by molar-refractivity contribution is -0.136. The van der Waals surface area contributed by atoms with Crippen LogP contribution in [0, 0.1) is 0 Å². The van der Waals surface area contributed by atoms with Gasteiger partial charge in [0.1, 0.15) is 11.0 Å². The van der Waals surface area contributed by atoms with Crippen molar-refractivity contribution >= 4 is 28.6 Å². The maximum absolute atomic E-state index is 13.0. The molecule has 0 aliphatic carbocycles. The minimum Gasteiger partial charge on any atom is -0.481 e. The molecule has 3 aromatic rings. The fourth-order valence-corrected chi connectivity index (χ4v) is 5.62. The Morgan fingerprint density at radius 1 is 0.906 bits per heavy atom. The number of piperazine rings is 1. The van der Waals surface area contributed by atoms with E-state index < -0.39 is 17.0 Å². The van der Waals surface area contributed by atoms with Gasteiger partial charge in [-0.15, -0.1) is 0 Å². The van der Waals surface area contributed by atoms with Crippen LogP contribution in [0.25, 0.3) is 0 Å². The molecule has 1 aliphatic heterocycles. The molecule has 4 rings (SSSR count). The third-order valence-corrected chi connectivity index (χ3v) is 7.31. The first-order valence-corrected chi connectivity index (χ1v) is 12.0. The van der Waals surface area contributed by atoms with Gasteiger partial charge in [0.2, 0.25) is 0 Å². The highest BCUT2D eigenvalue weighted by Crippen LogP contribution is 2.32. The summed E-state index contributed by atoms with van der Waals surface area (Å²) in [5, 5.41) is 9.77. The fourth-order valence-electron chi connectivity index (χ4n) is 4.17.